The Labute approximate surface area is 204 Å². The van der Waals surface area contributed by atoms with Crippen LogP contribution in [0.5, 0.6) is 11.5 Å². The number of methoxy groups -OCH3 is 1. The molecular weight excluding hydrogens is 454 g/mol. The summed E-state index contributed by atoms with van der Waals surface area (Å²) < 4.78 is 28.1. The molecule has 9 nitrogen and oxygen atoms in total. The van der Waals surface area contributed by atoms with Gasteiger partial charge in [0.05, 0.1) is 18.1 Å². The SMILES string of the molecule is COc1ccc2c3c1O[C@H]1C(OC(=O)[C@H](C)OC(=O)OC(C)(C)C)=CC[C@@]4(O)[C@H](C2)N(C)CC[C@]314. The molecule has 1 aromatic carbocycles. The molecule has 35 heavy (non-hydrogen) atoms. The molecule has 2 aliphatic carbocycles. The molecule has 2 heterocycles. The maximum atomic E-state index is 12.9. The Bertz CT molecular complexity index is 1110. The number of nitrogens with zero attached hydrogens (tertiary/aromatic N) is 1. The zero-order valence-corrected chi connectivity index (χ0v) is 21.0. The Morgan fingerprint density at radius 1 is 1.29 bits per heavy atom. The Kier molecular flexibility index (Phi) is 5.38. The Morgan fingerprint density at radius 3 is 2.71 bits per heavy atom. The van der Waals surface area contributed by atoms with Gasteiger partial charge in [0, 0.05) is 18.0 Å². The van der Waals surface area contributed by atoms with Crippen molar-refractivity contribution >= 4 is 12.1 Å². The molecule has 5 atom stereocenters. The lowest BCUT2D eigenvalue weighted by molar-refractivity contribution is -0.172. The first-order valence-corrected chi connectivity index (χ1v) is 12.0. The van der Waals surface area contributed by atoms with Gasteiger partial charge in [0.25, 0.3) is 0 Å². The summed E-state index contributed by atoms with van der Waals surface area (Å²) >= 11 is 0. The summed E-state index contributed by atoms with van der Waals surface area (Å²) in [7, 11) is 3.62. The van der Waals surface area contributed by atoms with Crippen LogP contribution < -0.4 is 9.47 Å². The van der Waals surface area contributed by atoms with Crippen LogP contribution >= 0.6 is 0 Å². The molecule has 0 unspecified atom stereocenters. The van der Waals surface area contributed by atoms with Crippen molar-refractivity contribution in [2.24, 2.45) is 0 Å². The number of carbonyl (C=O) groups excluding carboxylic acids is 2. The van der Waals surface area contributed by atoms with Gasteiger partial charge in [-0.25, -0.2) is 9.59 Å². The molecule has 190 valence electrons. The second-order valence-electron chi connectivity index (χ2n) is 10.9. The van der Waals surface area contributed by atoms with Crippen molar-refractivity contribution in [3.05, 3.63) is 35.1 Å². The summed E-state index contributed by atoms with van der Waals surface area (Å²) in [5.74, 6) is 0.752. The molecule has 0 saturated carbocycles. The zero-order valence-electron chi connectivity index (χ0n) is 21.0. The average molecular weight is 488 g/mol. The van der Waals surface area contributed by atoms with Gasteiger partial charge in [-0.2, -0.15) is 0 Å². The third-order valence-electron chi connectivity index (χ3n) is 7.77. The highest BCUT2D eigenvalue weighted by molar-refractivity contribution is 5.78. The van der Waals surface area contributed by atoms with Gasteiger partial charge >= 0.3 is 12.1 Å². The largest absolute Gasteiger partial charge is 0.509 e. The maximum absolute atomic E-state index is 12.9. The van der Waals surface area contributed by atoms with Crippen LogP contribution in [0.2, 0.25) is 0 Å². The standard InChI is InChI=1S/C26H33NO8/c1-14(32-23(29)35-24(2,3)4)22(28)33-17-9-10-26(30)18-13-15-7-8-16(31-6)20-19(15)25(26,21(17)34-20)11-12-27(18)5/h7-9,14,18,21,30H,10-13H2,1-6H3/t14-,18-,21-,25-,26+/m0/s1. The molecule has 0 radical (unpaired) electrons. The van der Waals surface area contributed by atoms with Crippen LogP contribution in [0.15, 0.2) is 24.0 Å². The minimum absolute atomic E-state index is 0.0999. The van der Waals surface area contributed by atoms with E-state index in [1.54, 1.807) is 34.0 Å². The summed E-state index contributed by atoms with van der Waals surface area (Å²) in [5.41, 5.74) is -0.556. The van der Waals surface area contributed by atoms with Crippen molar-refractivity contribution < 1.29 is 38.4 Å². The van der Waals surface area contributed by atoms with Crippen LogP contribution in [0.1, 0.15) is 51.7 Å². The van der Waals surface area contributed by atoms with E-state index in [0.717, 1.165) is 17.7 Å². The predicted molar refractivity (Wildman–Crippen MR) is 124 cm³/mol. The van der Waals surface area contributed by atoms with E-state index < -0.39 is 40.9 Å². The van der Waals surface area contributed by atoms with Gasteiger partial charge in [-0.15, -0.1) is 0 Å². The van der Waals surface area contributed by atoms with Crippen LogP contribution in [-0.4, -0.2) is 72.3 Å². The molecule has 1 saturated heterocycles. The monoisotopic (exact) mass is 487 g/mol. The number of esters is 1. The minimum atomic E-state index is -1.19. The van der Waals surface area contributed by atoms with Crippen LogP contribution in [0.3, 0.4) is 0 Å². The van der Waals surface area contributed by atoms with Crippen molar-refractivity contribution in [1.29, 1.82) is 0 Å². The van der Waals surface area contributed by atoms with Gasteiger partial charge in [-0.1, -0.05) is 6.07 Å². The molecule has 9 heteroatoms. The van der Waals surface area contributed by atoms with E-state index in [2.05, 4.69) is 4.90 Å². The fraction of sp³-hybridized carbons (Fsp3) is 0.615. The first-order valence-electron chi connectivity index (χ1n) is 12.0. The first-order chi connectivity index (χ1) is 16.4. The van der Waals surface area contributed by atoms with E-state index in [9.17, 15) is 14.7 Å². The van der Waals surface area contributed by atoms with Crippen molar-refractivity contribution in [3.8, 4) is 11.5 Å². The van der Waals surface area contributed by atoms with Crippen molar-refractivity contribution in [3.63, 3.8) is 0 Å². The lowest BCUT2D eigenvalue weighted by Crippen LogP contribution is -2.74. The number of ether oxygens (including phenoxy) is 5. The Morgan fingerprint density at radius 2 is 2.03 bits per heavy atom. The second-order valence-corrected chi connectivity index (χ2v) is 10.9. The number of hydrogen-bond donors (Lipinski definition) is 1. The van der Waals surface area contributed by atoms with Crippen LogP contribution in [-0.2, 0) is 30.8 Å². The summed E-state index contributed by atoms with van der Waals surface area (Å²) in [4.78, 5) is 27.1. The molecular formula is C26H33NO8. The fourth-order valence-electron chi connectivity index (χ4n) is 6.25. The number of piperidine rings is 1. The normalized spacial score (nSPS) is 31.5. The average Bonchev–Trinajstić information content (AvgIpc) is 3.12. The lowest BCUT2D eigenvalue weighted by Gasteiger charge is -2.61. The molecule has 1 fully saturated rings. The summed E-state index contributed by atoms with van der Waals surface area (Å²) in [6.07, 6.45) is 0.527. The number of hydrogen-bond acceptors (Lipinski definition) is 9. The summed E-state index contributed by atoms with van der Waals surface area (Å²) in [6.45, 7) is 7.33. The number of likely N-dealkylation sites (N-methyl/N-ethyl adjacent to an activating group) is 1. The number of rotatable bonds is 4. The maximum Gasteiger partial charge on any atom is 0.509 e. The molecule has 1 spiro atoms. The fourth-order valence-corrected chi connectivity index (χ4v) is 6.25. The third-order valence-corrected chi connectivity index (χ3v) is 7.77. The second kappa shape index (κ2) is 7.86. The molecule has 2 aliphatic heterocycles. The van der Waals surface area contributed by atoms with Crippen LogP contribution in [0.25, 0.3) is 0 Å². The zero-order chi connectivity index (χ0) is 25.3. The van der Waals surface area contributed by atoms with E-state index in [4.69, 9.17) is 23.7 Å². The molecule has 5 rings (SSSR count). The van der Waals surface area contributed by atoms with E-state index in [-0.39, 0.29) is 6.04 Å². The molecule has 0 aromatic heterocycles. The lowest BCUT2D eigenvalue weighted by atomic mass is 9.50. The number of likely N-dealkylation sites (tertiary alicyclic amines) is 1. The van der Waals surface area contributed by atoms with E-state index >= 15 is 0 Å². The quantitative estimate of drug-likeness (QED) is 0.642. The van der Waals surface area contributed by atoms with Gasteiger partial charge in [0.1, 0.15) is 11.4 Å². The number of aliphatic hydroxyl groups is 1. The van der Waals surface area contributed by atoms with Crippen LogP contribution in [0, 0.1) is 0 Å². The van der Waals surface area contributed by atoms with Crippen LogP contribution in [0.4, 0.5) is 4.79 Å². The van der Waals surface area contributed by atoms with Gasteiger partial charge in [-0.3, -0.25) is 0 Å². The first kappa shape index (κ1) is 23.9. The highest BCUT2D eigenvalue weighted by Gasteiger charge is 2.72. The summed E-state index contributed by atoms with van der Waals surface area (Å²) in [6, 6.07) is 3.82. The van der Waals surface area contributed by atoms with Gasteiger partial charge in [0.15, 0.2) is 23.7 Å². The highest BCUT2D eigenvalue weighted by atomic mass is 16.7. The minimum Gasteiger partial charge on any atom is -0.493 e. The van der Waals surface area contributed by atoms with E-state index in [0.29, 0.717) is 36.5 Å². The smallest absolute Gasteiger partial charge is 0.493 e. The predicted octanol–water partition coefficient (Wildman–Crippen LogP) is 2.86. The Hall–Kier alpha value is -2.78. The topological polar surface area (TPSA) is 104 Å². The van der Waals surface area contributed by atoms with Crippen molar-refractivity contribution in [2.75, 3.05) is 20.7 Å². The van der Waals surface area contributed by atoms with E-state index in [1.165, 1.54) is 6.92 Å². The van der Waals surface area contributed by atoms with E-state index in [1.807, 2.05) is 19.2 Å². The van der Waals surface area contributed by atoms with Gasteiger partial charge < -0.3 is 33.7 Å². The van der Waals surface area contributed by atoms with Gasteiger partial charge in [-0.05, 0) is 71.8 Å². The molecule has 0 amide bonds. The van der Waals surface area contributed by atoms with Crippen molar-refractivity contribution in [1.82, 2.24) is 4.90 Å². The molecule has 4 aliphatic rings. The van der Waals surface area contributed by atoms with Gasteiger partial charge in [0.2, 0.25) is 0 Å². The van der Waals surface area contributed by atoms with Crippen molar-refractivity contribution in [2.45, 2.75) is 81.8 Å². The molecule has 2 bridgehead atoms. The molecule has 1 N–H and O–H groups in total. The Balaban J connectivity index is 1.47. The summed E-state index contributed by atoms with van der Waals surface area (Å²) in [5, 5.41) is 12.2. The highest BCUT2D eigenvalue weighted by Crippen LogP contribution is 2.65. The third kappa shape index (κ3) is 3.42. The number of benzene rings is 1. The number of carbonyl (C=O) groups is 2. The molecule has 1 aromatic rings.